The van der Waals surface area contributed by atoms with Crippen LogP contribution < -0.4 is 4.90 Å². The molecule has 2 heterocycles. The molecule has 1 aliphatic heterocycles. The van der Waals surface area contributed by atoms with Gasteiger partial charge >= 0.3 is 6.18 Å². The molecule has 5 rings (SSSR count). The van der Waals surface area contributed by atoms with Crippen LogP contribution in [-0.2, 0) is 6.18 Å². The summed E-state index contributed by atoms with van der Waals surface area (Å²) >= 11 is 0. The number of aromatic nitrogens is 2. The SMILES string of the molecule is O=C(c1ccc(C(F)(F)F)cc1F)N1CCN(c2nc3ccccc3nc2-c2ccccc2)CC1. The highest BCUT2D eigenvalue weighted by molar-refractivity contribution is 5.95. The molecule has 0 unspecified atom stereocenters. The number of halogens is 4. The van der Waals surface area contributed by atoms with E-state index in [4.69, 9.17) is 9.97 Å². The number of fused-ring (bicyclic) bond motifs is 1. The van der Waals surface area contributed by atoms with Gasteiger partial charge < -0.3 is 9.80 Å². The molecule has 0 atom stereocenters. The van der Waals surface area contributed by atoms with Gasteiger partial charge in [0.05, 0.1) is 22.2 Å². The lowest BCUT2D eigenvalue weighted by Gasteiger charge is -2.36. The van der Waals surface area contributed by atoms with Gasteiger partial charge in [-0.1, -0.05) is 42.5 Å². The van der Waals surface area contributed by atoms with E-state index in [0.717, 1.165) is 34.4 Å². The van der Waals surface area contributed by atoms with Crippen molar-refractivity contribution in [3.05, 3.63) is 89.7 Å². The number of piperazine rings is 1. The van der Waals surface area contributed by atoms with Crippen molar-refractivity contribution in [1.29, 1.82) is 0 Å². The predicted molar refractivity (Wildman–Crippen MR) is 124 cm³/mol. The summed E-state index contributed by atoms with van der Waals surface area (Å²) in [5.41, 5.74) is 1.64. The summed E-state index contributed by atoms with van der Waals surface area (Å²) in [5, 5.41) is 0. The largest absolute Gasteiger partial charge is 0.416 e. The molecular weight excluding hydrogens is 460 g/mol. The molecule has 4 aromatic rings. The van der Waals surface area contributed by atoms with E-state index in [-0.39, 0.29) is 18.7 Å². The Morgan fingerprint density at radius 3 is 2.06 bits per heavy atom. The van der Waals surface area contributed by atoms with Crippen LogP contribution in [0.2, 0.25) is 0 Å². The summed E-state index contributed by atoms with van der Waals surface area (Å²) in [6, 6.07) is 19.2. The molecule has 1 aliphatic rings. The van der Waals surface area contributed by atoms with E-state index in [9.17, 15) is 22.4 Å². The monoisotopic (exact) mass is 480 g/mol. The van der Waals surface area contributed by atoms with E-state index in [1.807, 2.05) is 59.5 Å². The van der Waals surface area contributed by atoms with Crippen LogP contribution >= 0.6 is 0 Å². The molecule has 0 spiro atoms. The molecule has 1 saturated heterocycles. The van der Waals surface area contributed by atoms with Crippen LogP contribution in [0.1, 0.15) is 15.9 Å². The first-order valence-electron chi connectivity index (χ1n) is 11.0. The quantitative estimate of drug-likeness (QED) is 0.368. The van der Waals surface area contributed by atoms with Crippen LogP contribution in [0.5, 0.6) is 0 Å². The highest BCUT2D eigenvalue weighted by Crippen LogP contribution is 2.32. The molecule has 35 heavy (non-hydrogen) atoms. The lowest BCUT2D eigenvalue weighted by molar-refractivity contribution is -0.137. The fraction of sp³-hybridized carbons (Fsp3) is 0.192. The maximum absolute atomic E-state index is 14.3. The van der Waals surface area contributed by atoms with Gasteiger partial charge in [0.1, 0.15) is 11.5 Å². The number of nitrogens with zero attached hydrogens (tertiary/aromatic N) is 4. The Labute approximate surface area is 198 Å². The molecule has 0 saturated carbocycles. The number of anilines is 1. The predicted octanol–water partition coefficient (Wildman–Crippen LogP) is 5.42. The summed E-state index contributed by atoms with van der Waals surface area (Å²) in [6.07, 6.45) is -4.68. The van der Waals surface area contributed by atoms with Gasteiger partial charge in [0, 0.05) is 31.7 Å². The minimum absolute atomic E-state index is 0.266. The van der Waals surface area contributed by atoms with Gasteiger partial charge in [-0.15, -0.1) is 0 Å². The number of para-hydroxylation sites is 2. The number of rotatable bonds is 3. The zero-order chi connectivity index (χ0) is 24.6. The first-order valence-corrected chi connectivity index (χ1v) is 11.0. The molecule has 0 aliphatic carbocycles. The molecular formula is C26H20F4N4O. The summed E-state index contributed by atoms with van der Waals surface area (Å²) in [7, 11) is 0. The van der Waals surface area contributed by atoms with E-state index in [1.165, 1.54) is 4.90 Å². The Kier molecular flexibility index (Phi) is 5.84. The van der Waals surface area contributed by atoms with Crippen molar-refractivity contribution in [2.75, 3.05) is 31.1 Å². The van der Waals surface area contributed by atoms with Gasteiger partial charge in [-0.05, 0) is 30.3 Å². The zero-order valence-corrected chi connectivity index (χ0v) is 18.5. The molecule has 0 radical (unpaired) electrons. The maximum atomic E-state index is 14.3. The Balaban J connectivity index is 1.39. The highest BCUT2D eigenvalue weighted by atomic mass is 19.4. The number of carbonyl (C=O) groups is 1. The van der Waals surface area contributed by atoms with E-state index >= 15 is 0 Å². The fourth-order valence-corrected chi connectivity index (χ4v) is 4.16. The van der Waals surface area contributed by atoms with Crippen LogP contribution in [0.3, 0.4) is 0 Å². The molecule has 178 valence electrons. The Hall–Kier alpha value is -4.01. The Bertz CT molecular complexity index is 1380. The van der Waals surface area contributed by atoms with Crippen LogP contribution in [-0.4, -0.2) is 47.0 Å². The third-order valence-corrected chi connectivity index (χ3v) is 5.99. The number of alkyl halides is 3. The molecule has 9 heteroatoms. The summed E-state index contributed by atoms with van der Waals surface area (Å²) in [6.45, 7) is 1.37. The van der Waals surface area contributed by atoms with Crippen molar-refractivity contribution < 1.29 is 22.4 Å². The number of hydrogen-bond acceptors (Lipinski definition) is 4. The van der Waals surface area contributed by atoms with Gasteiger partial charge in [-0.25, -0.2) is 14.4 Å². The first kappa shape index (κ1) is 22.8. The molecule has 1 fully saturated rings. The van der Waals surface area contributed by atoms with E-state index < -0.39 is 23.5 Å². The van der Waals surface area contributed by atoms with Gasteiger partial charge in [0.2, 0.25) is 0 Å². The molecule has 3 aromatic carbocycles. The van der Waals surface area contributed by atoms with Gasteiger partial charge in [0.25, 0.3) is 5.91 Å². The molecule has 1 aromatic heterocycles. The van der Waals surface area contributed by atoms with Crippen LogP contribution in [0.25, 0.3) is 22.3 Å². The van der Waals surface area contributed by atoms with Crippen molar-refractivity contribution in [3.8, 4) is 11.3 Å². The smallest absolute Gasteiger partial charge is 0.351 e. The first-order chi connectivity index (χ1) is 16.8. The number of benzene rings is 3. The van der Waals surface area contributed by atoms with Crippen molar-refractivity contribution in [2.45, 2.75) is 6.18 Å². The number of carbonyl (C=O) groups excluding carboxylic acids is 1. The highest BCUT2D eigenvalue weighted by Gasteiger charge is 2.33. The van der Waals surface area contributed by atoms with Crippen LogP contribution in [0, 0.1) is 5.82 Å². The molecule has 0 N–H and O–H groups in total. The summed E-state index contributed by atoms with van der Waals surface area (Å²) in [5.74, 6) is -1.13. The summed E-state index contributed by atoms with van der Waals surface area (Å²) in [4.78, 5) is 26.0. The van der Waals surface area contributed by atoms with Gasteiger partial charge in [0.15, 0.2) is 5.82 Å². The second-order valence-electron chi connectivity index (χ2n) is 8.22. The zero-order valence-electron chi connectivity index (χ0n) is 18.5. The van der Waals surface area contributed by atoms with Gasteiger partial charge in [-0.3, -0.25) is 4.79 Å². The minimum Gasteiger partial charge on any atom is -0.351 e. The van der Waals surface area contributed by atoms with E-state index in [1.54, 1.807) is 0 Å². The van der Waals surface area contributed by atoms with Gasteiger partial charge in [-0.2, -0.15) is 13.2 Å². The van der Waals surface area contributed by atoms with Crippen molar-refractivity contribution in [1.82, 2.24) is 14.9 Å². The third kappa shape index (κ3) is 4.53. The minimum atomic E-state index is -4.68. The number of amides is 1. The van der Waals surface area contributed by atoms with Crippen LogP contribution in [0.4, 0.5) is 23.4 Å². The Morgan fingerprint density at radius 1 is 0.800 bits per heavy atom. The topological polar surface area (TPSA) is 49.3 Å². The fourth-order valence-electron chi connectivity index (χ4n) is 4.16. The van der Waals surface area contributed by atoms with Crippen molar-refractivity contribution in [3.63, 3.8) is 0 Å². The second-order valence-corrected chi connectivity index (χ2v) is 8.22. The maximum Gasteiger partial charge on any atom is 0.416 e. The summed E-state index contributed by atoms with van der Waals surface area (Å²) < 4.78 is 52.8. The second kappa shape index (κ2) is 8.98. The lowest BCUT2D eigenvalue weighted by Crippen LogP contribution is -2.49. The number of hydrogen-bond donors (Lipinski definition) is 0. The van der Waals surface area contributed by atoms with E-state index in [2.05, 4.69) is 0 Å². The van der Waals surface area contributed by atoms with Crippen LogP contribution in [0.15, 0.2) is 72.8 Å². The molecule has 1 amide bonds. The standard InChI is InChI=1S/C26H20F4N4O/c27-20-16-18(26(28,29)30)10-11-19(20)25(35)34-14-12-33(13-15-34)24-23(17-6-2-1-3-7-17)31-21-8-4-5-9-22(21)32-24/h1-11,16H,12-15H2. The normalized spacial score (nSPS) is 14.4. The van der Waals surface area contributed by atoms with Crippen molar-refractivity contribution >= 4 is 22.8 Å². The Morgan fingerprint density at radius 2 is 1.43 bits per heavy atom. The molecule has 0 bridgehead atoms. The average Bonchev–Trinajstić information content (AvgIpc) is 2.87. The third-order valence-electron chi connectivity index (χ3n) is 5.99. The van der Waals surface area contributed by atoms with Crippen molar-refractivity contribution in [2.24, 2.45) is 0 Å². The average molecular weight is 480 g/mol. The van der Waals surface area contributed by atoms with E-state index in [0.29, 0.717) is 25.0 Å². The molecule has 5 nitrogen and oxygen atoms in total. The lowest BCUT2D eigenvalue weighted by atomic mass is 10.1.